The van der Waals surface area contributed by atoms with Gasteiger partial charge in [0, 0.05) is 31.1 Å². The van der Waals surface area contributed by atoms with Crippen LogP contribution in [0.15, 0.2) is 42.5 Å². The fourth-order valence-corrected chi connectivity index (χ4v) is 4.02. The van der Waals surface area contributed by atoms with Crippen LogP contribution < -0.4 is 4.74 Å². The maximum absolute atomic E-state index is 12.9. The molecule has 0 fully saturated rings. The van der Waals surface area contributed by atoms with Gasteiger partial charge in [-0.25, -0.2) is 0 Å². The Labute approximate surface area is 143 Å². The lowest BCUT2D eigenvalue weighted by molar-refractivity contribution is 0.0850. The van der Waals surface area contributed by atoms with E-state index in [-0.39, 0.29) is 5.92 Å². The highest BCUT2D eigenvalue weighted by atomic mass is 16.5. The quantitative estimate of drug-likeness (QED) is 0.866. The molecule has 3 heteroatoms. The van der Waals surface area contributed by atoms with Crippen molar-refractivity contribution in [1.82, 2.24) is 4.90 Å². The molecule has 1 unspecified atom stereocenters. The van der Waals surface area contributed by atoms with Crippen molar-refractivity contribution in [3.05, 3.63) is 64.7 Å². The monoisotopic (exact) mass is 321 g/mol. The third kappa shape index (κ3) is 2.84. The van der Waals surface area contributed by atoms with E-state index >= 15 is 0 Å². The minimum absolute atomic E-state index is 0.121. The number of fused-ring (bicyclic) bond motifs is 2. The SMILES string of the molecule is COc1ccc2c(c1)CCC(CN1CCc3ccccc3C1)C2=O. The average molecular weight is 321 g/mol. The minimum Gasteiger partial charge on any atom is -0.497 e. The molecule has 3 nitrogen and oxygen atoms in total. The average Bonchev–Trinajstić information content (AvgIpc) is 2.63. The number of ketones is 1. The van der Waals surface area contributed by atoms with Crippen LogP contribution >= 0.6 is 0 Å². The third-order valence-corrected chi connectivity index (χ3v) is 5.40. The van der Waals surface area contributed by atoms with Crippen molar-refractivity contribution < 1.29 is 9.53 Å². The molecule has 1 heterocycles. The highest BCUT2D eigenvalue weighted by molar-refractivity contribution is 6.00. The fraction of sp³-hybridized carbons (Fsp3) is 0.381. The maximum Gasteiger partial charge on any atom is 0.167 e. The first kappa shape index (κ1) is 15.4. The Hall–Kier alpha value is -2.13. The van der Waals surface area contributed by atoms with Crippen molar-refractivity contribution in [1.29, 1.82) is 0 Å². The summed E-state index contributed by atoms with van der Waals surface area (Å²) in [6.07, 6.45) is 3.00. The zero-order valence-electron chi connectivity index (χ0n) is 14.1. The van der Waals surface area contributed by atoms with Gasteiger partial charge in [0.25, 0.3) is 0 Å². The van der Waals surface area contributed by atoms with E-state index in [9.17, 15) is 4.79 Å². The topological polar surface area (TPSA) is 29.5 Å². The van der Waals surface area contributed by atoms with Crippen molar-refractivity contribution in [2.24, 2.45) is 5.92 Å². The number of aryl methyl sites for hydroxylation is 1. The molecule has 0 saturated heterocycles. The van der Waals surface area contributed by atoms with Gasteiger partial charge in [0.15, 0.2) is 5.78 Å². The molecule has 24 heavy (non-hydrogen) atoms. The summed E-state index contributed by atoms with van der Waals surface area (Å²) in [6.45, 7) is 2.89. The molecule has 2 aromatic rings. The molecule has 0 bridgehead atoms. The number of benzene rings is 2. The molecule has 2 aliphatic rings. The number of carbonyl (C=O) groups excluding carboxylic acids is 1. The summed E-state index contributed by atoms with van der Waals surface area (Å²) in [6, 6.07) is 14.5. The number of hydrogen-bond donors (Lipinski definition) is 0. The van der Waals surface area contributed by atoms with E-state index in [2.05, 4.69) is 29.2 Å². The van der Waals surface area contributed by atoms with Gasteiger partial charge in [-0.15, -0.1) is 0 Å². The summed E-state index contributed by atoms with van der Waals surface area (Å²) in [5.41, 5.74) is 4.90. The van der Waals surface area contributed by atoms with Crippen LogP contribution in [0.2, 0.25) is 0 Å². The molecule has 0 amide bonds. The molecule has 1 aliphatic carbocycles. The van der Waals surface area contributed by atoms with Crippen LogP contribution in [0, 0.1) is 5.92 Å². The lowest BCUT2D eigenvalue weighted by Crippen LogP contribution is -2.38. The second-order valence-corrected chi connectivity index (χ2v) is 6.88. The molecular formula is C21H23NO2. The van der Waals surface area contributed by atoms with E-state index in [0.29, 0.717) is 5.78 Å². The normalized spacial score (nSPS) is 20.4. The van der Waals surface area contributed by atoms with Crippen LogP contribution in [0.5, 0.6) is 5.75 Å². The predicted molar refractivity (Wildman–Crippen MR) is 94.6 cm³/mol. The molecule has 1 atom stereocenters. The van der Waals surface area contributed by atoms with Crippen LogP contribution in [-0.2, 0) is 19.4 Å². The van der Waals surface area contributed by atoms with E-state index in [1.807, 2.05) is 18.2 Å². The zero-order chi connectivity index (χ0) is 16.5. The summed E-state index contributed by atoms with van der Waals surface area (Å²) in [7, 11) is 1.67. The Bertz CT molecular complexity index is 768. The highest BCUT2D eigenvalue weighted by Crippen LogP contribution is 2.30. The molecule has 4 rings (SSSR count). The molecule has 2 aromatic carbocycles. The molecule has 0 radical (unpaired) electrons. The first-order valence-corrected chi connectivity index (χ1v) is 8.75. The minimum atomic E-state index is 0.121. The molecule has 1 aliphatic heterocycles. The zero-order valence-corrected chi connectivity index (χ0v) is 14.1. The smallest absolute Gasteiger partial charge is 0.167 e. The van der Waals surface area contributed by atoms with Crippen LogP contribution in [-0.4, -0.2) is 30.9 Å². The molecular weight excluding hydrogens is 298 g/mol. The molecule has 0 N–H and O–H groups in total. The summed E-state index contributed by atoms with van der Waals surface area (Å²) < 4.78 is 5.28. The Balaban J connectivity index is 1.47. The van der Waals surface area contributed by atoms with Gasteiger partial charge in [-0.3, -0.25) is 9.69 Å². The van der Waals surface area contributed by atoms with Crippen LogP contribution in [0.25, 0.3) is 0 Å². The number of methoxy groups -OCH3 is 1. The van der Waals surface area contributed by atoms with Gasteiger partial charge in [0.05, 0.1) is 7.11 Å². The van der Waals surface area contributed by atoms with Gasteiger partial charge >= 0.3 is 0 Å². The van der Waals surface area contributed by atoms with Crippen LogP contribution in [0.1, 0.15) is 33.5 Å². The maximum atomic E-state index is 12.9. The van der Waals surface area contributed by atoms with Crippen molar-refractivity contribution in [3.63, 3.8) is 0 Å². The number of carbonyl (C=O) groups is 1. The Morgan fingerprint density at radius 1 is 1.08 bits per heavy atom. The number of ether oxygens (including phenoxy) is 1. The molecule has 0 aromatic heterocycles. The summed E-state index contributed by atoms with van der Waals surface area (Å²) in [5.74, 6) is 1.27. The molecule has 0 spiro atoms. The summed E-state index contributed by atoms with van der Waals surface area (Å²) >= 11 is 0. The number of rotatable bonds is 3. The van der Waals surface area contributed by atoms with Gasteiger partial charge in [-0.2, -0.15) is 0 Å². The van der Waals surface area contributed by atoms with E-state index in [4.69, 9.17) is 4.74 Å². The second kappa shape index (κ2) is 6.40. The summed E-state index contributed by atoms with van der Waals surface area (Å²) in [5, 5.41) is 0. The number of Topliss-reactive ketones (excluding diaryl/α,β-unsaturated/α-hetero) is 1. The van der Waals surface area contributed by atoms with Crippen molar-refractivity contribution in [2.45, 2.75) is 25.8 Å². The van der Waals surface area contributed by atoms with Crippen molar-refractivity contribution in [3.8, 4) is 5.75 Å². The largest absolute Gasteiger partial charge is 0.497 e. The predicted octanol–water partition coefficient (Wildman–Crippen LogP) is 3.50. The van der Waals surface area contributed by atoms with Crippen molar-refractivity contribution >= 4 is 5.78 Å². The van der Waals surface area contributed by atoms with Gasteiger partial charge < -0.3 is 4.74 Å². The van der Waals surface area contributed by atoms with E-state index < -0.39 is 0 Å². The van der Waals surface area contributed by atoms with Crippen LogP contribution in [0.4, 0.5) is 0 Å². The number of nitrogens with zero attached hydrogens (tertiary/aromatic N) is 1. The first-order valence-electron chi connectivity index (χ1n) is 8.75. The Morgan fingerprint density at radius 3 is 2.75 bits per heavy atom. The second-order valence-electron chi connectivity index (χ2n) is 6.88. The molecule has 124 valence electrons. The van der Waals surface area contributed by atoms with Gasteiger partial charge in [-0.1, -0.05) is 24.3 Å². The lowest BCUT2D eigenvalue weighted by Gasteiger charge is -2.33. The highest BCUT2D eigenvalue weighted by Gasteiger charge is 2.30. The van der Waals surface area contributed by atoms with E-state index in [0.717, 1.165) is 55.8 Å². The van der Waals surface area contributed by atoms with Gasteiger partial charge in [0.2, 0.25) is 0 Å². The van der Waals surface area contributed by atoms with E-state index in [1.165, 1.54) is 11.1 Å². The number of hydrogen-bond acceptors (Lipinski definition) is 3. The fourth-order valence-electron chi connectivity index (χ4n) is 4.02. The molecule has 0 saturated carbocycles. The summed E-state index contributed by atoms with van der Waals surface area (Å²) in [4.78, 5) is 15.3. The van der Waals surface area contributed by atoms with Gasteiger partial charge in [-0.05, 0) is 54.2 Å². The standard InChI is InChI=1S/C21H23NO2/c1-24-19-8-9-20-16(12-19)6-7-18(21(20)23)14-22-11-10-15-4-2-3-5-17(15)13-22/h2-5,8-9,12,18H,6-7,10-11,13-14H2,1H3. The van der Waals surface area contributed by atoms with Crippen molar-refractivity contribution in [2.75, 3.05) is 20.2 Å². The van der Waals surface area contributed by atoms with Gasteiger partial charge in [0.1, 0.15) is 5.75 Å². The lowest BCUT2D eigenvalue weighted by atomic mass is 9.82. The van der Waals surface area contributed by atoms with E-state index in [1.54, 1.807) is 7.11 Å². The Kier molecular flexibility index (Phi) is 4.11. The third-order valence-electron chi connectivity index (χ3n) is 5.40. The Morgan fingerprint density at radius 2 is 1.92 bits per heavy atom. The first-order chi connectivity index (χ1) is 11.7. The van der Waals surface area contributed by atoms with Crippen LogP contribution in [0.3, 0.4) is 0 Å².